The molecule has 1 aromatic heterocycles. The highest BCUT2D eigenvalue weighted by atomic mass is 16.5. The fraction of sp³-hybridized carbons (Fsp3) is 0.357. The lowest BCUT2D eigenvalue weighted by atomic mass is 10.1. The number of nitrogens with zero attached hydrogens (tertiary/aromatic N) is 1. The van der Waals surface area contributed by atoms with Gasteiger partial charge in [0.05, 0.1) is 19.9 Å². The third kappa shape index (κ3) is 2.56. The van der Waals surface area contributed by atoms with E-state index in [1.807, 2.05) is 25.1 Å². The van der Waals surface area contributed by atoms with Crippen LogP contribution in [0.5, 0.6) is 11.5 Å². The first-order valence-corrected chi connectivity index (χ1v) is 6.09. The molecule has 2 aromatic rings. The zero-order chi connectivity index (χ0) is 13.8. The molecule has 1 aromatic carbocycles. The van der Waals surface area contributed by atoms with Crippen molar-refractivity contribution < 1.29 is 13.9 Å². The molecular formula is C14H18N2O3. The van der Waals surface area contributed by atoms with Crippen LogP contribution in [0.25, 0.3) is 11.5 Å². The second kappa shape index (κ2) is 5.75. The standard InChI is InChI=1S/C14H18N2O3/c1-9-10(7-8-15)16-14(19-9)13-11(17-2)5-4-6-12(13)18-3/h4-6H,7-8,15H2,1-3H3. The van der Waals surface area contributed by atoms with Gasteiger partial charge in [-0.2, -0.15) is 0 Å². The number of ether oxygens (including phenoxy) is 2. The predicted molar refractivity (Wildman–Crippen MR) is 72.5 cm³/mol. The van der Waals surface area contributed by atoms with Crippen molar-refractivity contribution in [2.75, 3.05) is 20.8 Å². The Morgan fingerprint density at radius 3 is 2.37 bits per heavy atom. The topological polar surface area (TPSA) is 70.5 Å². The summed E-state index contributed by atoms with van der Waals surface area (Å²) in [5, 5.41) is 0. The van der Waals surface area contributed by atoms with Crippen LogP contribution in [0.1, 0.15) is 11.5 Å². The summed E-state index contributed by atoms with van der Waals surface area (Å²) in [6.45, 7) is 2.42. The first-order chi connectivity index (χ1) is 9.21. The number of oxazole rings is 1. The summed E-state index contributed by atoms with van der Waals surface area (Å²) in [5.41, 5.74) is 7.15. The predicted octanol–water partition coefficient (Wildman–Crippen LogP) is 2.17. The molecular weight excluding hydrogens is 244 g/mol. The SMILES string of the molecule is COc1cccc(OC)c1-c1nc(CCN)c(C)o1. The molecule has 0 atom stereocenters. The van der Waals surface area contributed by atoms with Gasteiger partial charge in [0.1, 0.15) is 22.8 Å². The molecule has 2 N–H and O–H groups in total. The molecule has 0 bridgehead atoms. The van der Waals surface area contributed by atoms with Gasteiger partial charge in [0.15, 0.2) is 0 Å². The molecule has 5 heteroatoms. The Kier molecular flexibility index (Phi) is 4.06. The number of hydrogen-bond acceptors (Lipinski definition) is 5. The Morgan fingerprint density at radius 2 is 1.84 bits per heavy atom. The molecule has 0 aliphatic rings. The van der Waals surface area contributed by atoms with E-state index in [0.29, 0.717) is 30.4 Å². The molecule has 19 heavy (non-hydrogen) atoms. The fourth-order valence-corrected chi connectivity index (χ4v) is 1.97. The molecule has 0 aliphatic carbocycles. The van der Waals surface area contributed by atoms with Crippen molar-refractivity contribution in [3.8, 4) is 23.0 Å². The minimum atomic E-state index is 0.496. The van der Waals surface area contributed by atoms with Crippen molar-refractivity contribution in [2.24, 2.45) is 5.73 Å². The molecule has 0 saturated carbocycles. The van der Waals surface area contributed by atoms with Gasteiger partial charge >= 0.3 is 0 Å². The van der Waals surface area contributed by atoms with E-state index in [-0.39, 0.29) is 0 Å². The maximum Gasteiger partial charge on any atom is 0.234 e. The van der Waals surface area contributed by atoms with Crippen LogP contribution in [0, 0.1) is 6.92 Å². The Hall–Kier alpha value is -2.01. The van der Waals surface area contributed by atoms with E-state index in [0.717, 1.165) is 17.0 Å². The first-order valence-electron chi connectivity index (χ1n) is 6.09. The lowest BCUT2D eigenvalue weighted by Crippen LogP contribution is -2.03. The number of aryl methyl sites for hydroxylation is 1. The van der Waals surface area contributed by atoms with Crippen LogP contribution in [0.4, 0.5) is 0 Å². The molecule has 0 amide bonds. The lowest BCUT2D eigenvalue weighted by molar-refractivity contribution is 0.393. The minimum absolute atomic E-state index is 0.496. The summed E-state index contributed by atoms with van der Waals surface area (Å²) >= 11 is 0. The fourth-order valence-electron chi connectivity index (χ4n) is 1.97. The van der Waals surface area contributed by atoms with E-state index >= 15 is 0 Å². The zero-order valence-electron chi connectivity index (χ0n) is 11.4. The average Bonchev–Trinajstić information content (AvgIpc) is 2.79. The van der Waals surface area contributed by atoms with E-state index in [9.17, 15) is 0 Å². The zero-order valence-corrected chi connectivity index (χ0v) is 11.4. The minimum Gasteiger partial charge on any atom is -0.496 e. The Labute approximate surface area is 112 Å². The highest BCUT2D eigenvalue weighted by Gasteiger charge is 2.19. The number of hydrogen-bond donors (Lipinski definition) is 1. The number of nitrogens with two attached hydrogens (primary N) is 1. The molecule has 0 aliphatic heterocycles. The van der Waals surface area contributed by atoms with Gasteiger partial charge < -0.3 is 19.6 Å². The summed E-state index contributed by atoms with van der Waals surface area (Å²) in [7, 11) is 3.21. The quantitative estimate of drug-likeness (QED) is 0.894. The summed E-state index contributed by atoms with van der Waals surface area (Å²) in [6.07, 6.45) is 0.687. The number of methoxy groups -OCH3 is 2. The van der Waals surface area contributed by atoms with Gasteiger partial charge in [0, 0.05) is 6.42 Å². The second-order valence-electron chi connectivity index (χ2n) is 4.10. The van der Waals surface area contributed by atoms with Crippen molar-refractivity contribution in [1.29, 1.82) is 0 Å². The molecule has 5 nitrogen and oxygen atoms in total. The Morgan fingerprint density at radius 1 is 1.21 bits per heavy atom. The van der Waals surface area contributed by atoms with E-state index in [1.165, 1.54) is 0 Å². The van der Waals surface area contributed by atoms with Crippen LogP contribution in [0.15, 0.2) is 22.6 Å². The first kappa shape index (κ1) is 13.4. The summed E-state index contributed by atoms with van der Waals surface area (Å²) in [4.78, 5) is 4.48. The Bertz CT molecular complexity index is 542. The van der Waals surface area contributed by atoms with Crippen molar-refractivity contribution >= 4 is 0 Å². The molecule has 102 valence electrons. The third-order valence-electron chi connectivity index (χ3n) is 2.92. The van der Waals surface area contributed by atoms with E-state index in [2.05, 4.69) is 4.98 Å². The maximum absolute atomic E-state index is 5.71. The second-order valence-corrected chi connectivity index (χ2v) is 4.10. The monoisotopic (exact) mass is 262 g/mol. The molecule has 0 unspecified atom stereocenters. The van der Waals surface area contributed by atoms with E-state index in [1.54, 1.807) is 14.2 Å². The molecule has 0 fully saturated rings. The van der Waals surface area contributed by atoms with Gasteiger partial charge in [-0.15, -0.1) is 0 Å². The van der Waals surface area contributed by atoms with Crippen LogP contribution < -0.4 is 15.2 Å². The van der Waals surface area contributed by atoms with Crippen molar-refractivity contribution in [3.63, 3.8) is 0 Å². The summed E-state index contributed by atoms with van der Waals surface area (Å²) in [5.74, 6) is 2.60. The number of benzene rings is 1. The van der Waals surface area contributed by atoms with Gasteiger partial charge in [-0.05, 0) is 25.6 Å². The van der Waals surface area contributed by atoms with Crippen LogP contribution in [0.2, 0.25) is 0 Å². The highest BCUT2D eigenvalue weighted by molar-refractivity contribution is 5.71. The average molecular weight is 262 g/mol. The van der Waals surface area contributed by atoms with Crippen molar-refractivity contribution in [1.82, 2.24) is 4.98 Å². The Balaban J connectivity index is 2.54. The van der Waals surface area contributed by atoms with Gasteiger partial charge in [-0.25, -0.2) is 4.98 Å². The maximum atomic E-state index is 5.71. The summed E-state index contributed by atoms with van der Waals surface area (Å²) < 4.78 is 16.4. The van der Waals surface area contributed by atoms with Gasteiger partial charge in [-0.1, -0.05) is 6.07 Å². The van der Waals surface area contributed by atoms with Gasteiger partial charge in [0.25, 0.3) is 0 Å². The van der Waals surface area contributed by atoms with Crippen LogP contribution >= 0.6 is 0 Å². The molecule has 0 saturated heterocycles. The van der Waals surface area contributed by atoms with E-state index < -0.39 is 0 Å². The number of aromatic nitrogens is 1. The highest BCUT2D eigenvalue weighted by Crippen LogP contribution is 2.38. The third-order valence-corrected chi connectivity index (χ3v) is 2.92. The molecule has 0 radical (unpaired) electrons. The smallest absolute Gasteiger partial charge is 0.234 e. The number of rotatable bonds is 5. The summed E-state index contributed by atoms with van der Waals surface area (Å²) in [6, 6.07) is 5.55. The van der Waals surface area contributed by atoms with Crippen LogP contribution in [-0.4, -0.2) is 25.7 Å². The van der Waals surface area contributed by atoms with E-state index in [4.69, 9.17) is 19.6 Å². The molecule has 0 spiro atoms. The van der Waals surface area contributed by atoms with Gasteiger partial charge in [0.2, 0.25) is 5.89 Å². The van der Waals surface area contributed by atoms with Crippen LogP contribution in [0.3, 0.4) is 0 Å². The van der Waals surface area contributed by atoms with Crippen LogP contribution in [-0.2, 0) is 6.42 Å². The lowest BCUT2D eigenvalue weighted by Gasteiger charge is -2.09. The van der Waals surface area contributed by atoms with Crippen molar-refractivity contribution in [3.05, 3.63) is 29.7 Å². The van der Waals surface area contributed by atoms with Crippen molar-refractivity contribution in [2.45, 2.75) is 13.3 Å². The molecule has 2 rings (SSSR count). The van der Waals surface area contributed by atoms with Gasteiger partial charge in [-0.3, -0.25) is 0 Å². The molecule has 1 heterocycles. The largest absolute Gasteiger partial charge is 0.496 e. The normalized spacial score (nSPS) is 10.5.